The van der Waals surface area contributed by atoms with E-state index in [4.69, 9.17) is 15.6 Å². The Bertz CT molecular complexity index is 945. The topological polar surface area (TPSA) is 72.5 Å². The number of halogens is 4. The zero-order valence-corrected chi connectivity index (χ0v) is 14.6. The van der Waals surface area contributed by atoms with E-state index < -0.39 is 41.2 Å². The van der Waals surface area contributed by atoms with Gasteiger partial charge < -0.3 is 15.6 Å². The van der Waals surface area contributed by atoms with E-state index in [0.717, 1.165) is 24.3 Å². The molecule has 148 valence electrons. The molecule has 0 heterocycles. The molecule has 0 saturated heterocycles. The van der Waals surface area contributed by atoms with Crippen LogP contribution in [0.25, 0.3) is 0 Å². The maximum Gasteiger partial charge on any atom is 0.335 e. The third-order valence-corrected chi connectivity index (χ3v) is 4.71. The highest BCUT2D eigenvalue weighted by molar-refractivity contribution is 5.88. The van der Waals surface area contributed by atoms with Gasteiger partial charge in [0, 0.05) is 18.0 Å². The lowest BCUT2D eigenvalue weighted by molar-refractivity contribution is 0.0696. The zero-order chi connectivity index (χ0) is 20.4. The number of ether oxygens (including phenoxy) is 1. The number of carboxylic acids is 1. The summed E-state index contributed by atoms with van der Waals surface area (Å²) in [6, 6.07) is 3.96. The molecule has 0 amide bonds. The number of hydrogen-bond acceptors (Lipinski definition) is 3. The average molecular weight is 395 g/mol. The van der Waals surface area contributed by atoms with Gasteiger partial charge in [0.05, 0.1) is 5.56 Å². The van der Waals surface area contributed by atoms with Gasteiger partial charge in [-0.2, -0.15) is 0 Å². The summed E-state index contributed by atoms with van der Waals surface area (Å²) in [5.41, 5.74) is 6.70. The van der Waals surface area contributed by atoms with E-state index in [1.165, 1.54) is 0 Å². The second-order valence-corrected chi connectivity index (χ2v) is 6.60. The van der Waals surface area contributed by atoms with E-state index in [2.05, 4.69) is 0 Å². The van der Waals surface area contributed by atoms with Crippen LogP contribution < -0.4 is 10.5 Å². The largest absolute Gasteiger partial charge is 0.486 e. The second-order valence-electron chi connectivity index (χ2n) is 6.60. The van der Waals surface area contributed by atoms with Gasteiger partial charge in [-0.15, -0.1) is 0 Å². The molecule has 0 spiro atoms. The maximum atomic E-state index is 14.0. The zero-order valence-electron chi connectivity index (χ0n) is 14.6. The molecule has 1 aliphatic carbocycles. The number of carbonyl (C=O) groups is 1. The average Bonchev–Trinajstić information content (AvgIpc) is 2.64. The Kier molecular flexibility index (Phi) is 5.69. The molecule has 8 heteroatoms. The smallest absolute Gasteiger partial charge is 0.335 e. The van der Waals surface area contributed by atoms with Crippen LogP contribution in [-0.4, -0.2) is 23.7 Å². The first-order chi connectivity index (χ1) is 13.3. The summed E-state index contributed by atoms with van der Waals surface area (Å²) >= 11 is 0. The van der Waals surface area contributed by atoms with Crippen molar-refractivity contribution in [3.63, 3.8) is 0 Å². The maximum absolute atomic E-state index is 14.0. The summed E-state index contributed by atoms with van der Waals surface area (Å²) in [5, 5.41) is 8.96. The summed E-state index contributed by atoms with van der Waals surface area (Å²) in [6.07, 6.45) is 2.29. The minimum Gasteiger partial charge on any atom is -0.486 e. The Hall–Kier alpha value is -2.87. The van der Waals surface area contributed by atoms with E-state index in [1.54, 1.807) is 6.08 Å². The van der Waals surface area contributed by atoms with E-state index in [-0.39, 0.29) is 36.3 Å². The van der Waals surface area contributed by atoms with Gasteiger partial charge in [-0.3, -0.25) is 0 Å². The molecule has 0 fully saturated rings. The van der Waals surface area contributed by atoms with Crippen LogP contribution in [0.2, 0.25) is 0 Å². The first-order valence-corrected chi connectivity index (χ1v) is 8.50. The van der Waals surface area contributed by atoms with Crippen molar-refractivity contribution in [2.45, 2.75) is 24.8 Å². The van der Waals surface area contributed by atoms with Crippen molar-refractivity contribution in [3.05, 3.63) is 76.4 Å². The van der Waals surface area contributed by atoms with Gasteiger partial charge in [-0.05, 0) is 48.2 Å². The fraction of sp³-hybridized carbons (Fsp3) is 0.250. The van der Waals surface area contributed by atoms with Crippen molar-refractivity contribution in [3.8, 4) is 5.75 Å². The molecule has 4 nitrogen and oxygen atoms in total. The summed E-state index contributed by atoms with van der Waals surface area (Å²) in [7, 11) is 0. The molecule has 1 aliphatic rings. The quantitative estimate of drug-likeness (QED) is 0.453. The molecule has 0 unspecified atom stereocenters. The lowest BCUT2D eigenvalue weighted by Gasteiger charge is -2.29. The fourth-order valence-corrected chi connectivity index (χ4v) is 3.21. The van der Waals surface area contributed by atoms with E-state index in [1.807, 2.05) is 0 Å². The number of carboxylic acid groups (broad SMARTS) is 1. The number of hydrogen-bond donors (Lipinski definition) is 2. The third kappa shape index (κ3) is 4.17. The van der Waals surface area contributed by atoms with Crippen LogP contribution in [0.1, 0.15) is 34.7 Å². The molecule has 3 rings (SSSR count). The van der Waals surface area contributed by atoms with Gasteiger partial charge in [-0.1, -0.05) is 6.08 Å². The van der Waals surface area contributed by atoms with E-state index in [0.29, 0.717) is 11.6 Å². The predicted octanol–water partition coefficient (Wildman–Crippen LogP) is 4.15. The van der Waals surface area contributed by atoms with Crippen LogP contribution in [0.4, 0.5) is 17.6 Å². The summed E-state index contributed by atoms with van der Waals surface area (Å²) in [6.45, 7) is -0.0271. The lowest BCUT2D eigenvalue weighted by atomic mass is 9.81. The third-order valence-electron chi connectivity index (χ3n) is 4.71. The van der Waals surface area contributed by atoms with Gasteiger partial charge in [0.2, 0.25) is 0 Å². The van der Waals surface area contributed by atoms with Gasteiger partial charge in [0.25, 0.3) is 0 Å². The summed E-state index contributed by atoms with van der Waals surface area (Å²) in [4.78, 5) is 11.0. The van der Waals surface area contributed by atoms with Crippen LogP contribution in [0.5, 0.6) is 5.75 Å². The molecular formula is C20H17F4NO3. The van der Waals surface area contributed by atoms with Crippen molar-refractivity contribution >= 4 is 5.97 Å². The number of nitrogens with two attached hydrogens (primary N) is 1. The monoisotopic (exact) mass is 395 g/mol. The first-order valence-electron chi connectivity index (χ1n) is 8.50. The number of aromatic carboxylic acids is 1. The molecule has 3 N–H and O–H groups in total. The standard InChI is InChI=1S/C20H17F4NO3/c21-14-4-2-11(20(26)27)6-19(14)28-9-10-1-3-12(18(25)5-10)13-7-16(23)17(24)8-15(13)22/h1-2,4,6-8,12,18H,3,5,9,25H2,(H,26,27)/t12-,18+/m1/s1. The highest BCUT2D eigenvalue weighted by Crippen LogP contribution is 2.34. The molecule has 28 heavy (non-hydrogen) atoms. The molecule has 2 aromatic rings. The Morgan fingerprint density at radius 1 is 1.07 bits per heavy atom. The molecule has 0 radical (unpaired) electrons. The SMILES string of the molecule is N[C@H]1CC(COc2cc(C(=O)O)ccc2F)=CC[C@@H]1c1cc(F)c(F)cc1F. The summed E-state index contributed by atoms with van der Waals surface area (Å²) < 4.78 is 59.7. The molecule has 2 atom stereocenters. The van der Waals surface area contributed by atoms with Gasteiger partial charge >= 0.3 is 5.97 Å². The number of allylic oxidation sites excluding steroid dienone is 1. The molecule has 0 saturated carbocycles. The van der Waals surface area contributed by atoms with Crippen LogP contribution in [0.3, 0.4) is 0 Å². The second kappa shape index (κ2) is 8.02. The highest BCUT2D eigenvalue weighted by Gasteiger charge is 2.28. The highest BCUT2D eigenvalue weighted by atomic mass is 19.2. The minimum atomic E-state index is -1.26. The first kappa shape index (κ1) is 19.9. The molecule has 2 aromatic carbocycles. The Morgan fingerprint density at radius 2 is 1.79 bits per heavy atom. The lowest BCUT2D eigenvalue weighted by Crippen LogP contribution is -2.33. The molecular weight excluding hydrogens is 378 g/mol. The molecule has 0 bridgehead atoms. The van der Waals surface area contributed by atoms with Crippen molar-refractivity contribution in [1.82, 2.24) is 0 Å². The van der Waals surface area contributed by atoms with Gasteiger partial charge in [0.15, 0.2) is 23.2 Å². The van der Waals surface area contributed by atoms with E-state index >= 15 is 0 Å². The van der Waals surface area contributed by atoms with Crippen molar-refractivity contribution in [1.29, 1.82) is 0 Å². The van der Waals surface area contributed by atoms with Crippen LogP contribution >= 0.6 is 0 Å². The van der Waals surface area contributed by atoms with Crippen LogP contribution in [0.15, 0.2) is 42.0 Å². The van der Waals surface area contributed by atoms with Crippen LogP contribution in [-0.2, 0) is 0 Å². The van der Waals surface area contributed by atoms with Crippen LogP contribution in [0, 0.1) is 23.3 Å². The Labute approximate surface area is 158 Å². The number of rotatable bonds is 5. The van der Waals surface area contributed by atoms with Gasteiger partial charge in [-0.25, -0.2) is 22.4 Å². The Balaban J connectivity index is 1.71. The Morgan fingerprint density at radius 3 is 2.46 bits per heavy atom. The van der Waals surface area contributed by atoms with Gasteiger partial charge in [0.1, 0.15) is 12.4 Å². The van der Waals surface area contributed by atoms with Crippen molar-refractivity contribution in [2.75, 3.05) is 6.61 Å². The van der Waals surface area contributed by atoms with Crippen molar-refractivity contribution < 1.29 is 32.2 Å². The van der Waals surface area contributed by atoms with Crippen molar-refractivity contribution in [2.24, 2.45) is 5.73 Å². The normalized spacial score (nSPS) is 19.2. The minimum absolute atomic E-state index is 0.00261. The predicted molar refractivity (Wildman–Crippen MR) is 93.2 cm³/mol. The molecule has 0 aliphatic heterocycles. The number of benzene rings is 2. The fourth-order valence-electron chi connectivity index (χ4n) is 3.21. The van der Waals surface area contributed by atoms with E-state index in [9.17, 15) is 22.4 Å². The molecule has 0 aromatic heterocycles. The summed E-state index contributed by atoms with van der Waals surface area (Å²) in [5.74, 6) is -5.92.